The van der Waals surface area contributed by atoms with E-state index < -0.39 is 27.8 Å². The second-order valence-corrected chi connectivity index (χ2v) is 7.67. The third-order valence-electron chi connectivity index (χ3n) is 3.72. The lowest BCUT2D eigenvalue weighted by Crippen LogP contribution is -2.45. The number of benzene rings is 2. The summed E-state index contributed by atoms with van der Waals surface area (Å²) in [5, 5.41) is 2.56. The lowest BCUT2D eigenvalue weighted by molar-refractivity contribution is -0.116. The van der Waals surface area contributed by atoms with Crippen molar-refractivity contribution < 1.29 is 22.4 Å². The van der Waals surface area contributed by atoms with Crippen LogP contribution >= 0.6 is 0 Å². The van der Waals surface area contributed by atoms with Crippen LogP contribution in [0.3, 0.4) is 0 Å². The number of hydrogen-bond donors (Lipinski definition) is 1. The van der Waals surface area contributed by atoms with E-state index in [1.807, 2.05) is 0 Å². The largest absolute Gasteiger partial charge is 0.324 e. The smallest absolute Gasteiger partial charge is 0.247 e. The molecule has 0 saturated carbocycles. The summed E-state index contributed by atoms with van der Waals surface area (Å²) < 4.78 is 39.1. The molecule has 1 atom stereocenters. The minimum Gasteiger partial charge on any atom is -0.324 e. The van der Waals surface area contributed by atoms with Crippen LogP contribution in [-0.4, -0.2) is 32.4 Å². The minimum atomic E-state index is -3.92. The van der Waals surface area contributed by atoms with Crippen LogP contribution < -0.4 is 9.62 Å². The first-order valence-corrected chi connectivity index (χ1v) is 9.62. The summed E-state index contributed by atoms with van der Waals surface area (Å²) in [4.78, 5) is 24.0. The third kappa shape index (κ3) is 4.45. The predicted octanol–water partition coefficient (Wildman–Crippen LogP) is 2.82. The van der Waals surface area contributed by atoms with E-state index in [-0.39, 0.29) is 11.5 Å². The first kappa shape index (κ1) is 19.6. The molecule has 0 heterocycles. The lowest BCUT2D eigenvalue weighted by atomic mass is 10.1. The molecule has 1 N–H and O–H groups in total. The molecule has 0 aromatic heterocycles. The van der Waals surface area contributed by atoms with Gasteiger partial charge in [-0.1, -0.05) is 24.3 Å². The first-order chi connectivity index (χ1) is 12.1. The molecule has 2 aromatic rings. The molecule has 0 bridgehead atoms. The lowest BCUT2D eigenvalue weighted by Gasteiger charge is -2.28. The molecule has 26 heavy (non-hydrogen) atoms. The molecule has 0 fully saturated rings. The van der Waals surface area contributed by atoms with Crippen molar-refractivity contribution in [1.82, 2.24) is 0 Å². The number of halogens is 1. The number of carbonyl (C=O) groups is 2. The van der Waals surface area contributed by atoms with Gasteiger partial charge in [0.05, 0.1) is 11.9 Å². The molecular weight excluding hydrogens is 359 g/mol. The van der Waals surface area contributed by atoms with Gasteiger partial charge in [0, 0.05) is 11.3 Å². The van der Waals surface area contributed by atoms with Gasteiger partial charge in [0.1, 0.15) is 11.9 Å². The number of carbonyl (C=O) groups excluding carboxylic acids is 2. The molecule has 6 nitrogen and oxygen atoms in total. The zero-order chi connectivity index (χ0) is 19.5. The van der Waals surface area contributed by atoms with Gasteiger partial charge in [-0.3, -0.25) is 13.9 Å². The van der Waals surface area contributed by atoms with Crippen LogP contribution in [0.2, 0.25) is 0 Å². The normalized spacial score (nSPS) is 12.3. The van der Waals surface area contributed by atoms with E-state index in [9.17, 15) is 22.4 Å². The van der Waals surface area contributed by atoms with Gasteiger partial charge in [-0.05, 0) is 38.1 Å². The fourth-order valence-corrected chi connectivity index (χ4v) is 3.65. The predicted molar refractivity (Wildman–Crippen MR) is 98.3 cm³/mol. The Morgan fingerprint density at radius 3 is 2.35 bits per heavy atom. The Labute approximate surface area is 151 Å². The molecule has 8 heteroatoms. The number of nitrogens with zero attached hydrogens (tertiary/aromatic N) is 1. The Morgan fingerprint density at radius 1 is 1.12 bits per heavy atom. The summed E-state index contributed by atoms with van der Waals surface area (Å²) in [7, 11) is -3.92. The van der Waals surface area contributed by atoms with Crippen molar-refractivity contribution in [2.24, 2.45) is 0 Å². The molecule has 0 saturated heterocycles. The van der Waals surface area contributed by atoms with Crippen molar-refractivity contribution in [3.05, 3.63) is 59.9 Å². The van der Waals surface area contributed by atoms with Gasteiger partial charge < -0.3 is 5.32 Å². The van der Waals surface area contributed by atoms with Gasteiger partial charge >= 0.3 is 0 Å². The third-order valence-corrected chi connectivity index (χ3v) is 4.94. The zero-order valence-electron chi connectivity index (χ0n) is 14.6. The first-order valence-electron chi connectivity index (χ1n) is 7.77. The van der Waals surface area contributed by atoms with Crippen molar-refractivity contribution in [2.45, 2.75) is 19.9 Å². The number of ketones is 1. The Balaban J connectivity index is 2.33. The Bertz CT molecular complexity index is 944. The summed E-state index contributed by atoms with van der Waals surface area (Å²) in [6.07, 6.45) is 0.902. The van der Waals surface area contributed by atoms with E-state index >= 15 is 0 Å². The van der Waals surface area contributed by atoms with Crippen LogP contribution in [0, 0.1) is 5.82 Å². The molecular formula is C18H19FN2O4S. The zero-order valence-corrected chi connectivity index (χ0v) is 15.4. The average molecular weight is 378 g/mol. The topological polar surface area (TPSA) is 83.6 Å². The molecule has 0 aliphatic heterocycles. The number of hydrogen-bond acceptors (Lipinski definition) is 4. The maximum Gasteiger partial charge on any atom is 0.247 e. The second kappa shape index (κ2) is 7.65. The maximum atomic E-state index is 14.1. The highest BCUT2D eigenvalue weighted by atomic mass is 32.2. The molecule has 0 unspecified atom stereocenters. The van der Waals surface area contributed by atoms with Crippen LogP contribution in [0.5, 0.6) is 0 Å². The minimum absolute atomic E-state index is 0.168. The Kier molecular flexibility index (Phi) is 5.76. The molecule has 0 spiro atoms. The van der Waals surface area contributed by atoms with E-state index in [2.05, 4.69) is 5.32 Å². The van der Waals surface area contributed by atoms with E-state index in [4.69, 9.17) is 0 Å². The van der Waals surface area contributed by atoms with Crippen molar-refractivity contribution in [3.63, 3.8) is 0 Å². The Hall–Kier alpha value is -2.74. The van der Waals surface area contributed by atoms with Crippen LogP contribution in [0.4, 0.5) is 15.8 Å². The monoisotopic (exact) mass is 378 g/mol. The summed E-state index contributed by atoms with van der Waals surface area (Å²) in [6, 6.07) is 10.4. The van der Waals surface area contributed by atoms with Gasteiger partial charge in [-0.15, -0.1) is 0 Å². The second-order valence-electron chi connectivity index (χ2n) is 5.81. The number of amides is 1. The fraction of sp³-hybridized carbons (Fsp3) is 0.222. The highest BCUT2D eigenvalue weighted by Crippen LogP contribution is 2.24. The van der Waals surface area contributed by atoms with Crippen LogP contribution in [-0.2, 0) is 14.8 Å². The summed E-state index contributed by atoms with van der Waals surface area (Å²) >= 11 is 0. The molecule has 2 rings (SSSR count). The van der Waals surface area contributed by atoms with Gasteiger partial charge in [-0.2, -0.15) is 0 Å². The van der Waals surface area contributed by atoms with Crippen molar-refractivity contribution in [3.8, 4) is 0 Å². The number of para-hydroxylation sites is 1. The summed E-state index contributed by atoms with van der Waals surface area (Å²) in [6.45, 7) is 2.75. The molecule has 0 aliphatic rings. The molecule has 0 radical (unpaired) electrons. The van der Waals surface area contributed by atoms with Crippen molar-refractivity contribution in [1.29, 1.82) is 0 Å². The van der Waals surface area contributed by atoms with Crippen LogP contribution in [0.1, 0.15) is 24.2 Å². The van der Waals surface area contributed by atoms with Gasteiger partial charge in [-0.25, -0.2) is 12.8 Å². The number of anilines is 2. The highest BCUT2D eigenvalue weighted by Gasteiger charge is 2.31. The van der Waals surface area contributed by atoms with E-state index in [1.165, 1.54) is 38.1 Å². The van der Waals surface area contributed by atoms with Crippen LogP contribution in [0.25, 0.3) is 0 Å². The van der Waals surface area contributed by atoms with Gasteiger partial charge in [0.25, 0.3) is 0 Å². The number of nitrogens with one attached hydrogen (secondary N) is 1. The van der Waals surface area contributed by atoms with E-state index in [0.717, 1.165) is 16.6 Å². The highest BCUT2D eigenvalue weighted by molar-refractivity contribution is 7.92. The van der Waals surface area contributed by atoms with Crippen molar-refractivity contribution >= 4 is 33.1 Å². The van der Waals surface area contributed by atoms with Gasteiger partial charge in [0.2, 0.25) is 15.9 Å². The standard InChI is InChI=1S/C18H19FN2O4S/c1-12(18(23)20-15-8-6-7-14(11-15)13(2)22)21(26(3,24)25)17-10-5-4-9-16(17)19/h4-12H,1-3H3,(H,20,23)/t12-/m1/s1. The summed E-state index contributed by atoms with van der Waals surface area (Å²) in [5.74, 6) is -1.58. The van der Waals surface area contributed by atoms with Gasteiger partial charge in [0.15, 0.2) is 5.78 Å². The maximum absolute atomic E-state index is 14.1. The quantitative estimate of drug-likeness (QED) is 0.784. The number of sulfonamides is 1. The molecule has 2 aromatic carbocycles. The Morgan fingerprint density at radius 2 is 1.77 bits per heavy atom. The summed E-state index contributed by atoms with van der Waals surface area (Å²) in [5.41, 5.74) is 0.538. The van der Waals surface area contributed by atoms with E-state index in [0.29, 0.717) is 11.3 Å². The fourth-order valence-electron chi connectivity index (χ4n) is 2.47. The molecule has 0 aliphatic carbocycles. The molecule has 138 valence electrons. The average Bonchev–Trinajstić information content (AvgIpc) is 2.55. The SMILES string of the molecule is CC(=O)c1cccc(NC(=O)[C@@H](C)N(c2ccccc2F)S(C)(=O)=O)c1. The molecule has 1 amide bonds. The van der Waals surface area contributed by atoms with Crippen molar-refractivity contribution in [2.75, 3.05) is 15.9 Å². The van der Waals surface area contributed by atoms with Crippen LogP contribution in [0.15, 0.2) is 48.5 Å². The number of rotatable bonds is 6. The van der Waals surface area contributed by atoms with E-state index in [1.54, 1.807) is 18.2 Å². The number of Topliss-reactive ketones (excluding diaryl/α,β-unsaturated/α-hetero) is 1.